The molecule has 2 fully saturated rings. The second kappa shape index (κ2) is 9.07. The fraction of sp³-hybridized carbons (Fsp3) is 0.500. The first-order valence-electron chi connectivity index (χ1n) is 11.6. The average Bonchev–Trinajstić information content (AvgIpc) is 3.53. The minimum atomic E-state index is -3.18. The summed E-state index contributed by atoms with van der Waals surface area (Å²) in [6, 6.07) is 6.00. The zero-order valence-corrected chi connectivity index (χ0v) is 21.4. The van der Waals surface area contributed by atoms with Gasteiger partial charge in [0.15, 0.2) is 0 Å². The maximum Gasteiger partial charge on any atom is 0.259 e. The van der Waals surface area contributed by atoms with Gasteiger partial charge in [0.05, 0.1) is 18.2 Å². The van der Waals surface area contributed by atoms with Crippen LogP contribution in [-0.4, -0.2) is 65.7 Å². The van der Waals surface area contributed by atoms with E-state index in [4.69, 9.17) is 4.74 Å². The number of ether oxygens (including phenoxy) is 1. The van der Waals surface area contributed by atoms with Crippen molar-refractivity contribution in [2.75, 3.05) is 32.5 Å². The molecule has 1 atom stereocenters. The molecule has 4 heterocycles. The van der Waals surface area contributed by atoms with Gasteiger partial charge in [0.1, 0.15) is 0 Å². The summed E-state index contributed by atoms with van der Waals surface area (Å²) in [5.74, 6) is 1.26. The molecule has 1 aliphatic heterocycles. The van der Waals surface area contributed by atoms with Gasteiger partial charge >= 0.3 is 0 Å². The largest absolute Gasteiger partial charge is 0.477 e. The fourth-order valence-corrected chi connectivity index (χ4v) is 6.53. The van der Waals surface area contributed by atoms with Gasteiger partial charge in [-0.1, -0.05) is 0 Å². The molecule has 182 valence electrons. The number of nitrogens with zero attached hydrogens (tertiary/aromatic N) is 4. The number of pyridine rings is 2. The molecule has 1 saturated carbocycles. The lowest BCUT2D eigenvalue weighted by atomic mass is 10.1. The Kier molecular flexibility index (Phi) is 6.26. The maximum atomic E-state index is 12.9. The number of aryl methyl sites for hydroxylation is 1. The number of hydrogen-bond donors (Lipinski definition) is 0. The van der Waals surface area contributed by atoms with Crippen LogP contribution in [0.25, 0.3) is 21.2 Å². The molecule has 34 heavy (non-hydrogen) atoms. The van der Waals surface area contributed by atoms with Crippen LogP contribution in [-0.2, 0) is 23.6 Å². The summed E-state index contributed by atoms with van der Waals surface area (Å²) >= 11 is 1.63. The van der Waals surface area contributed by atoms with E-state index < -0.39 is 10.0 Å². The van der Waals surface area contributed by atoms with Crippen molar-refractivity contribution in [1.82, 2.24) is 18.8 Å². The van der Waals surface area contributed by atoms with E-state index in [1.807, 2.05) is 24.4 Å². The second-order valence-corrected chi connectivity index (χ2v) is 12.6. The molecule has 0 spiro atoms. The minimum absolute atomic E-state index is 0.0181. The van der Waals surface area contributed by atoms with E-state index in [2.05, 4.69) is 16.8 Å². The predicted octanol–water partition coefficient (Wildman–Crippen LogP) is 2.92. The third-order valence-electron chi connectivity index (χ3n) is 6.67. The summed E-state index contributed by atoms with van der Waals surface area (Å²) in [5.41, 5.74) is 1.95. The topological polar surface area (TPSA) is 84.7 Å². The Morgan fingerprint density at radius 2 is 2.03 bits per heavy atom. The SMILES string of the molecule is CC1CN(S(C)(=O)=O)CCN1Cc1cc2c(=O)n(C)cc(-c3ccnc(OCC4CC4)c3)c2s1. The Labute approximate surface area is 203 Å². The van der Waals surface area contributed by atoms with E-state index in [0.29, 0.717) is 50.0 Å². The van der Waals surface area contributed by atoms with Crippen molar-refractivity contribution >= 4 is 31.4 Å². The van der Waals surface area contributed by atoms with E-state index in [0.717, 1.165) is 20.7 Å². The first kappa shape index (κ1) is 23.5. The van der Waals surface area contributed by atoms with Crippen LogP contribution < -0.4 is 10.3 Å². The third-order valence-corrected chi connectivity index (χ3v) is 9.09. The zero-order valence-electron chi connectivity index (χ0n) is 19.7. The molecule has 0 bridgehead atoms. The average molecular weight is 503 g/mol. The number of piperazine rings is 1. The van der Waals surface area contributed by atoms with Crippen molar-refractivity contribution in [3.63, 3.8) is 0 Å². The van der Waals surface area contributed by atoms with Gasteiger partial charge in [-0.05, 0) is 43.4 Å². The number of hydrogen-bond acceptors (Lipinski definition) is 7. The number of sulfonamides is 1. The molecule has 10 heteroatoms. The van der Waals surface area contributed by atoms with Crippen molar-refractivity contribution in [2.24, 2.45) is 13.0 Å². The minimum Gasteiger partial charge on any atom is -0.477 e. The lowest BCUT2D eigenvalue weighted by molar-refractivity contribution is 0.123. The molecule has 0 radical (unpaired) electrons. The van der Waals surface area contributed by atoms with Gasteiger partial charge in [-0.25, -0.2) is 13.4 Å². The van der Waals surface area contributed by atoms with Gasteiger partial charge in [0, 0.05) is 72.9 Å². The second-order valence-electron chi connectivity index (χ2n) is 9.49. The Balaban J connectivity index is 1.43. The van der Waals surface area contributed by atoms with Gasteiger partial charge in [-0.3, -0.25) is 9.69 Å². The standard InChI is InChI=1S/C24H30N4O4S2/c1-16-12-28(34(3,30)31)9-8-27(16)13-19-11-20-23(33-19)21(14-26(2)24(20)29)18-6-7-25-22(10-18)32-15-17-4-5-17/h6-7,10-11,14,16-17H,4-5,8-9,12-13,15H2,1-3H3. The molecule has 0 N–H and O–H groups in total. The quantitative estimate of drug-likeness (QED) is 0.494. The summed E-state index contributed by atoms with van der Waals surface area (Å²) in [7, 11) is -1.40. The summed E-state index contributed by atoms with van der Waals surface area (Å²) < 4.78 is 33.8. The molecule has 0 amide bonds. The first-order valence-corrected chi connectivity index (χ1v) is 14.3. The first-order chi connectivity index (χ1) is 16.2. The van der Waals surface area contributed by atoms with Crippen LogP contribution in [0.3, 0.4) is 0 Å². The fourth-order valence-electron chi connectivity index (χ4n) is 4.43. The van der Waals surface area contributed by atoms with Gasteiger partial charge in [-0.2, -0.15) is 4.31 Å². The predicted molar refractivity (Wildman–Crippen MR) is 135 cm³/mol. The van der Waals surface area contributed by atoms with E-state index in [-0.39, 0.29) is 11.6 Å². The smallest absolute Gasteiger partial charge is 0.259 e. The molecule has 3 aromatic rings. The molecule has 8 nitrogen and oxygen atoms in total. The summed E-state index contributed by atoms with van der Waals surface area (Å²) in [4.78, 5) is 20.7. The van der Waals surface area contributed by atoms with Crippen molar-refractivity contribution in [3.8, 4) is 17.0 Å². The van der Waals surface area contributed by atoms with Gasteiger partial charge in [0.2, 0.25) is 15.9 Å². The monoisotopic (exact) mass is 502 g/mol. The third kappa shape index (κ3) is 4.91. The van der Waals surface area contributed by atoms with Crippen LogP contribution in [0.15, 0.2) is 35.4 Å². The highest BCUT2D eigenvalue weighted by Gasteiger charge is 2.29. The summed E-state index contributed by atoms with van der Waals surface area (Å²) in [6.45, 7) is 5.08. The molecule has 1 saturated heterocycles. The van der Waals surface area contributed by atoms with E-state index >= 15 is 0 Å². The van der Waals surface area contributed by atoms with Crippen LogP contribution >= 0.6 is 11.3 Å². The van der Waals surface area contributed by atoms with Crippen molar-refractivity contribution < 1.29 is 13.2 Å². The molecule has 0 aromatic carbocycles. The van der Waals surface area contributed by atoms with Gasteiger partial charge in [0.25, 0.3) is 5.56 Å². The normalized spacial score (nSPS) is 20.1. The molecule has 1 unspecified atom stereocenters. The molecule has 3 aromatic heterocycles. The maximum absolute atomic E-state index is 12.9. The van der Waals surface area contributed by atoms with Gasteiger partial charge < -0.3 is 9.30 Å². The van der Waals surface area contributed by atoms with Gasteiger partial charge in [-0.15, -0.1) is 11.3 Å². The Morgan fingerprint density at radius 3 is 2.74 bits per heavy atom. The van der Waals surface area contributed by atoms with Crippen molar-refractivity contribution in [2.45, 2.75) is 32.4 Å². The molecule has 1 aliphatic carbocycles. The Bertz CT molecular complexity index is 1380. The Hall–Kier alpha value is -2.27. The number of fused-ring (bicyclic) bond motifs is 1. The van der Waals surface area contributed by atoms with Crippen LogP contribution in [0.1, 0.15) is 24.6 Å². The number of aromatic nitrogens is 2. The molecule has 2 aliphatic rings. The Morgan fingerprint density at radius 1 is 1.24 bits per heavy atom. The van der Waals surface area contributed by atoms with Crippen molar-refractivity contribution in [1.29, 1.82) is 0 Å². The van der Waals surface area contributed by atoms with Crippen LogP contribution in [0.5, 0.6) is 5.88 Å². The molecular weight excluding hydrogens is 472 g/mol. The van der Waals surface area contributed by atoms with E-state index in [9.17, 15) is 13.2 Å². The van der Waals surface area contributed by atoms with Crippen LogP contribution in [0.4, 0.5) is 0 Å². The van der Waals surface area contributed by atoms with E-state index in [1.54, 1.807) is 33.5 Å². The zero-order chi connectivity index (χ0) is 24.0. The lowest BCUT2D eigenvalue weighted by Crippen LogP contribution is -2.52. The summed E-state index contributed by atoms with van der Waals surface area (Å²) in [5, 5.41) is 0.708. The number of rotatable bonds is 7. The number of thiophene rings is 1. The highest BCUT2D eigenvalue weighted by molar-refractivity contribution is 7.88. The highest BCUT2D eigenvalue weighted by atomic mass is 32.2. The van der Waals surface area contributed by atoms with Crippen LogP contribution in [0, 0.1) is 5.92 Å². The summed E-state index contributed by atoms with van der Waals surface area (Å²) in [6.07, 6.45) is 7.35. The molecule has 5 rings (SSSR count). The van der Waals surface area contributed by atoms with Crippen molar-refractivity contribution in [3.05, 3.63) is 45.8 Å². The highest BCUT2D eigenvalue weighted by Crippen LogP contribution is 2.35. The van der Waals surface area contributed by atoms with E-state index in [1.165, 1.54) is 19.1 Å². The van der Waals surface area contributed by atoms with Crippen LogP contribution in [0.2, 0.25) is 0 Å². The molecular formula is C24H30N4O4S2. The lowest BCUT2D eigenvalue weighted by Gasteiger charge is -2.38.